The minimum Gasteiger partial charge on any atom is -0.495 e. The van der Waals surface area contributed by atoms with Crippen LogP contribution in [0.5, 0.6) is 5.75 Å². The number of hydrogen-bond acceptors (Lipinski definition) is 5. The van der Waals surface area contributed by atoms with Crippen molar-refractivity contribution in [2.45, 2.75) is 24.2 Å². The number of piperidine rings is 1. The van der Waals surface area contributed by atoms with Crippen molar-refractivity contribution in [3.63, 3.8) is 0 Å². The highest BCUT2D eigenvalue weighted by Gasteiger charge is 2.28. The van der Waals surface area contributed by atoms with E-state index in [1.807, 2.05) is 12.1 Å². The number of carbonyl (C=O) groups is 2. The average Bonchev–Trinajstić information content (AvgIpc) is 2.79. The zero-order valence-electron chi connectivity index (χ0n) is 17.7. The van der Waals surface area contributed by atoms with E-state index in [0.29, 0.717) is 37.4 Å². The predicted molar refractivity (Wildman–Crippen MR) is 122 cm³/mol. The number of benzene rings is 2. The van der Waals surface area contributed by atoms with Gasteiger partial charge >= 0.3 is 0 Å². The van der Waals surface area contributed by atoms with Crippen molar-refractivity contribution in [3.05, 3.63) is 53.6 Å². The number of rotatable bonds is 8. The lowest BCUT2D eigenvalue weighted by molar-refractivity contribution is -0.134. The van der Waals surface area contributed by atoms with Crippen LogP contribution in [-0.4, -0.2) is 51.9 Å². The van der Waals surface area contributed by atoms with Crippen molar-refractivity contribution in [1.82, 2.24) is 9.62 Å². The Balaban J connectivity index is 1.45. The lowest BCUT2D eigenvalue weighted by Crippen LogP contribution is -2.42. The second kappa shape index (κ2) is 10.8. The molecule has 0 saturated carbocycles. The number of halogens is 1. The summed E-state index contributed by atoms with van der Waals surface area (Å²) in [5.41, 5.74) is 0.615. The summed E-state index contributed by atoms with van der Waals surface area (Å²) in [5, 5.41) is 3.02. The van der Waals surface area contributed by atoms with Crippen molar-refractivity contribution in [1.29, 1.82) is 0 Å². The zero-order chi connectivity index (χ0) is 23.1. The minimum absolute atomic E-state index is 0.0176. The number of anilines is 1. The van der Waals surface area contributed by atoms with Crippen LogP contribution in [0.1, 0.15) is 19.3 Å². The first-order valence-corrected chi connectivity index (χ1v) is 12.1. The topological polar surface area (TPSA) is 105 Å². The van der Waals surface area contributed by atoms with Gasteiger partial charge < -0.3 is 15.0 Å². The fraction of sp³-hybridized carbons (Fsp3) is 0.364. The Morgan fingerprint density at radius 3 is 2.44 bits per heavy atom. The number of para-hydroxylation sites is 2. The molecule has 1 heterocycles. The van der Waals surface area contributed by atoms with E-state index in [9.17, 15) is 18.0 Å². The van der Waals surface area contributed by atoms with Gasteiger partial charge in [0.1, 0.15) is 10.6 Å². The third-order valence-corrected chi connectivity index (χ3v) is 7.30. The number of likely N-dealkylation sites (tertiary alicyclic amines) is 1. The standard InChI is InChI=1S/C22H26ClN3O5S/c1-31-19-8-4-3-7-18(19)25-22(28)16-11-14-26(15-12-16)21(27)10-13-24-32(29,30)20-9-5-2-6-17(20)23/h2-9,16,24H,10-15H2,1H3,(H,25,28). The SMILES string of the molecule is COc1ccccc1NC(=O)C1CCN(C(=O)CCNS(=O)(=O)c2ccccc2Cl)CC1. The highest BCUT2D eigenvalue weighted by Crippen LogP contribution is 2.26. The molecule has 2 amide bonds. The third kappa shape index (κ3) is 5.99. The molecule has 3 rings (SSSR count). The summed E-state index contributed by atoms with van der Waals surface area (Å²) in [6, 6.07) is 13.3. The summed E-state index contributed by atoms with van der Waals surface area (Å²) >= 11 is 5.95. The van der Waals surface area contributed by atoms with Crippen LogP contribution in [0.4, 0.5) is 5.69 Å². The van der Waals surface area contributed by atoms with Crippen molar-refractivity contribution >= 4 is 39.1 Å². The van der Waals surface area contributed by atoms with Crippen molar-refractivity contribution in [2.75, 3.05) is 32.1 Å². The Hall–Kier alpha value is -2.62. The van der Waals surface area contributed by atoms with Gasteiger partial charge in [0, 0.05) is 32.0 Å². The summed E-state index contributed by atoms with van der Waals surface area (Å²) in [7, 11) is -2.24. The fourth-order valence-electron chi connectivity index (χ4n) is 3.56. The molecule has 172 valence electrons. The first kappa shape index (κ1) is 24.0. The molecule has 0 aliphatic carbocycles. The summed E-state index contributed by atoms with van der Waals surface area (Å²) in [4.78, 5) is 26.7. The maximum absolute atomic E-state index is 12.6. The van der Waals surface area contributed by atoms with Gasteiger partial charge in [-0.05, 0) is 37.1 Å². The van der Waals surface area contributed by atoms with Gasteiger partial charge in [-0.15, -0.1) is 0 Å². The van der Waals surface area contributed by atoms with Gasteiger partial charge in [0.05, 0.1) is 17.8 Å². The monoisotopic (exact) mass is 479 g/mol. The lowest BCUT2D eigenvalue weighted by atomic mass is 9.95. The van der Waals surface area contributed by atoms with Crippen LogP contribution >= 0.6 is 11.6 Å². The summed E-state index contributed by atoms with van der Waals surface area (Å²) in [6.45, 7) is 0.862. The Labute approximate surface area is 192 Å². The lowest BCUT2D eigenvalue weighted by Gasteiger charge is -2.31. The Kier molecular flexibility index (Phi) is 8.11. The molecule has 0 spiro atoms. The van der Waals surface area contributed by atoms with Crippen LogP contribution in [0.3, 0.4) is 0 Å². The van der Waals surface area contributed by atoms with Crippen molar-refractivity contribution in [3.8, 4) is 5.75 Å². The molecule has 1 saturated heterocycles. The fourth-order valence-corrected chi connectivity index (χ4v) is 5.11. The Morgan fingerprint density at radius 2 is 1.75 bits per heavy atom. The molecule has 32 heavy (non-hydrogen) atoms. The second-order valence-electron chi connectivity index (χ2n) is 7.42. The largest absolute Gasteiger partial charge is 0.495 e. The molecule has 0 atom stereocenters. The third-order valence-electron chi connectivity index (χ3n) is 5.34. The van der Waals surface area contributed by atoms with E-state index >= 15 is 0 Å². The van der Waals surface area contributed by atoms with Gasteiger partial charge in [-0.3, -0.25) is 9.59 Å². The van der Waals surface area contributed by atoms with Gasteiger partial charge in [-0.1, -0.05) is 35.9 Å². The van der Waals surface area contributed by atoms with Crippen LogP contribution in [-0.2, 0) is 19.6 Å². The maximum Gasteiger partial charge on any atom is 0.242 e. The Bertz CT molecular complexity index is 1070. The van der Waals surface area contributed by atoms with Crippen LogP contribution in [0.25, 0.3) is 0 Å². The van der Waals surface area contributed by atoms with Crippen molar-refractivity contribution < 1.29 is 22.7 Å². The van der Waals surface area contributed by atoms with Crippen LogP contribution in [0, 0.1) is 5.92 Å². The van der Waals surface area contributed by atoms with E-state index in [2.05, 4.69) is 10.0 Å². The quantitative estimate of drug-likeness (QED) is 0.605. The number of hydrogen-bond donors (Lipinski definition) is 2. The number of nitrogens with zero attached hydrogens (tertiary/aromatic N) is 1. The van der Waals surface area contributed by atoms with E-state index in [0.717, 1.165) is 0 Å². The maximum atomic E-state index is 12.6. The van der Waals surface area contributed by atoms with Gasteiger partial charge in [0.15, 0.2) is 0 Å². The van der Waals surface area contributed by atoms with E-state index in [1.54, 1.807) is 36.3 Å². The molecule has 1 fully saturated rings. The first-order valence-electron chi connectivity index (χ1n) is 10.3. The number of ether oxygens (including phenoxy) is 1. The molecule has 0 bridgehead atoms. The number of sulfonamides is 1. The number of amides is 2. The highest BCUT2D eigenvalue weighted by molar-refractivity contribution is 7.89. The van der Waals surface area contributed by atoms with Crippen LogP contribution in [0.15, 0.2) is 53.4 Å². The molecule has 2 N–H and O–H groups in total. The van der Waals surface area contributed by atoms with E-state index in [-0.39, 0.29) is 40.6 Å². The molecule has 1 aliphatic rings. The molecular weight excluding hydrogens is 454 g/mol. The predicted octanol–water partition coefficient (Wildman–Crippen LogP) is 2.89. The smallest absolute Gasteiger partial charge is 0.242 e. The molecule has 2 aromatic carbocycles. The summed E-state index contributed by atoms with van der Waals surface area (Å²) < 4.78 is 32.4. The Morgan fingerprint density at radius 1 is 1.09 bits per heavy atom. The van der Waals surface area contributed by atoms with E-state index in [1.165, 1.54) is 12.1 Å². The van der Waals surface area contributed by atoms with Gasteiger partial charge in [0.25, 0.3) is 0 Å². The highest BCUT2D eigenvalue weighted by atomic mass is 35.5. The molecule has 0 unspecified atom stereocenters. The van der Waals surface area contributed by atoms with Crippen molar-refractivity contribution in [2.24, 2.45) is 5.92 Å². The van der Waals surface area contributed by atoms with E-state index in [4.69, 9.17) is 16.3 Å². The van der Waals surface area contributed by atoms with Gasteiger partial charge in [-0.2, -0.15) is 0 Å². The van der Waals surface area contributed by atoms with Crippen LogP contribution in [0.2, 0.25) is 5.02 Å². The zero-order valence-corrected chi connectivity index (χ0v) is 19.3. The summed E-state index contributed by atoms with van der Waals surface area (Å²) in [5.74, 6) is 0.125. The summed E-state index contributed by atoms with van der Waals surface area (Å²) in [6.07, 6.45) is 1.11. The molecular formula is C22H26ClN3O5S. The van der Waals surface area contributed by atoms with Gasteiger partial charge in [0.2, 0.25) is 21.8 Å². The number of methoxy groups -OCH3 is 1. The van der Waals surface area contributed by atoms with E-state index < -0.39 is 10.0 Å². The minimum atomic E-state index is -3.79. The molecule has 0 aromatic heterocycles. The first-order chi connectivity index (χ1) is 15.3. The second-order valence-corrected chi connectivity index (χ2v) is 9.57. The molecule has 8 nitrogen and oxygen atoms in total. The molecule has 1 aliphatic heterocycles. The molecule has 0 radical (unpaired) electrons. The average molecular weight is 480 g/mol. The van der Waals surface area contributed by atoms with Crippen LogP contribution < -0.4 is 14.8 Å². The van der Waals surface area contributed by atoms with Gasteiger partial charge in [-0.25, -0.2) is 13.1 Å². The molecule has 10 heteroatoms. The molecule has 2 aromatic rings. The normalized spacial score (nSPS) is 14.8. The number of nitrogens with one attached hydrogen (secondary N) is 2. The number of carbonyl (C=O) groups excluding carboxylic acids is 2.